The Hall–Kier alpha value is -2.19. The molecule has 0 radical (unpaired) electrons. The van der Waals surface area contributed by atoms with Crippen LogP contribution in [0.3, 0.4) is 0 Å². The van der Waals surface area contributed by atoms with Gasteiger partial charge in [0.15, 0.2) is 0 Å². The molecule has 0 fully saturated rings. The van der Waals surface area contributed by atoms with E-state index in [1.165, 1.54) is 29.6 Å². The molecule has 2 N–H and O–H groups in total. The maximum atomic E-state index is 14.5. The standard InChI is InChI=1S/C26H31Cl2F2N5/c1-16(2)26(29,30)25-20(28)6-8-23(33-25)31-11-14-35-13-9-18-19-15-17(27)5-7-21(19)32-24(18)22(35)10-12-34(3)4/h5-8,15,22,32H,1,9-14H2,2-4H3,(H,31,33). The number of hydrogen-bond acceptors (Lipinski definition) is 4. The molecule has 0 bridgehead atoms. The van der Waals surface area contributed by atoms with Crippen LogP contribution in [-0.4, -0.2) is 60.0 Å². The molecule has 0 aliphatic carbocycles. The zero-order chi connectivity index (χ0) is 25.3. The van der Waals surface area contributed by atoms with Crippen LogP contribution in [0.25, 0.3) is 10.9 Å². The Labute approximate surface area is 215 Å². The number of halogens is 4. The van der Waals surface area contributed by atoms with E-state index in [2.05, 4.69) is 45.8 Å². The lowest BCUT2D eigenvalue weighted by Crippen LogP contribution is -2.39. The van der Waals surface area contributed by atoms with Gasteiger partial charge in [0.25, 0.3) is 0 Å². The second-order valence-electron chi connectivity index (χ2n) is 9.41. The van der Waals surface area contributed by atoms with E-state index < -0.39 is 11.6 Å². The third kappa shape index (κ3) is 5.48. The van der Waals surface area contributed by atoms with Crippen molar-refractivity contribution in [3.63, 3.8) is 0 Å². The molecule has 1 aliphatic rings. The summed E-state index contributed by atoms with van der Waals surface area (Å²) < 4.78 is 29.0. The summed E-state index contributed by atoms with van der Waals surface area (Å²) in [5.74, 6) is -2.92. The van der Waals surface area contributed by atoms with Gasteiger partial charge in [-0.2, -0.15) is 8.78 Å². The van der Waals surface area contributed by atoms with Crippen molar-refractivity contribution in [2.75, 3.05) is 45.6 Å². The number of nitrogens with zero attached hydrogens (tertiary/aromatic N) is 3. The number of aromatic nitrogens is 2. The van der Waals surface area contributed by atoms with Crippen LogP contribution in [0.5, 0.6) is 0 Å². The fraction of sp³-hybridized carbons (Fsp3) is 0.423. The summed E-state index contributed by atoms with van der Waals surface area (Å²) in [6, 6.07) is 9.28. The van der Waals surface area contributed by atoms with Crippen molar-refractivity contribution in [1.82, 2.24) is 19.8 Å². The number of fused-ring (bicyclic) bond motifs is 3. The third-order valence-electron chi connectivity index (χ3n) is 6.56. The lowest BCUT2D eigenvalue weighted by atomic mass is 9.95. The Morgan fingerprint density at radius 2 is 2.06 bits per heavy atom. The Bertz CT molecular complexity index is 1220. The number of alkyl halides is 2. The van der Waals surface area contributed by atoms with E-state index in [0.29, 0.717) is 12.4 Å². The summed E-state index contributed by atoms with van der Waals surface area (Å²) in [5, 5.41) is 5.06. The van der Waals surface area contributed by atoms with Crippen molar-refractivity contribution in [1.29, 1.82) is 0 Å². The van der Waals surface area contributed by atoms with Gasteiger partial charge in [0.2, 0.25) is 0 Å². The smallest absolute Gasteiger partial charge is 0.312 e. The van der Waals surface area contributed by atoms with Gasteiger partial charge in [0.05, 0.1) is 11.1 Å². The molecule has 1 unspecified atom stereocenters. The summed E-state index contributed by atoms with van der Waals surface area (Å²) in [4.78, 5) is 12.4. The monoisotopic (exact) mass is 521 g/mol. The Morgan fingerprint density at radius 1 is 1.29 bits per heavy atom. The topological polar surface area (TPSA) is 47.2 Å². The second kappa shape index (κ2) is 10.4. The van der Waals surface area contributed by atoms with Crippen molar-refractivity contribution < 1.29 is 8.78 Å². The van der Waals surface area contributed by atoms with Gasteiger partial charge in [-0.1, -0.05) is 29.8 Å². The molecule has 188 valence electrons. The second-order valence-corrected chi connectivity index (χ2v) is 10.3. The van der Waals surface area contributed by atoms with E-state index in [1.54, 1.807) is 6.07 Å². The maximum Gasteiger partial charge on any atom is 0.312 e. The molecular weight excluding hydrogens is 491 g/mol. The molecule has 3 heterocycles. The van der Waals surface area contributed by atoms with E-state index in [4.69, 9.17) is 23.2 Å². The molecular formula is C26H31Cl2F2N5. The highest BCUT2D eigenvalue weighted by atomic mass is 35.5. The number of H-pyrrole nitrogens is 1. The van der Waals surface area contributed by atoms with Crippen LogP contribution in [0.1, 0.15) is 36.3 Å². The molecule has 1 aromatic carbocycles. The lowest BCUT2D eigenvalue weighted by molar-refractivity contribution is 0.0340. The number of benzene rings is 1. The molecule has 5 nitrogen and oxygen atoms in total. The first-order valence-electron chi connectivity index (χ1n) is 11.7. The van der Waals surface area contributed by atoms with E-state index in [-0.39, 0.29) is 16.6 Å². The molecule has 3 aromatic rings. The molecule has 0 saturated heterocycles. The van der Waals surface area contributed by atoms with Crippen molar-refractivity contribution in [2.45, 2.75) is 31.7 Å². The summed E-state index contributed by atoms with van der Waals surface area (Å²) >= 11 is 12.3. The van der Waals surface area contributed by atoms with Crippen molar-refractivity contribution >= 4 is 39.9 Å². The average molecular weight is 522 g/mol. The van der Waals surface area contributed by atoms with Crippen LogP contribution in [0.4, 0.5) is 14.6 Å². The van der Waals surface area contributed by atoms with Gasteiger partial charge >= 0.3 is 5.92 Å². The minimum atomic E-state index is -3.28. The summed E-state index contributed by atoms with van der Waals surface area (Å²) in [7, 11) is 4.15. The first-order chi connectivity index (χ1) is 16.6. The normalized spacial score (nSPS) is 16.6. The van der Waals surface area contributed by atoms with Crippen LogP contribution < -0.4 is 5.32 Å². The minimum Gasteiger partial charge on any atom is -0.369 e. The number of allylic oxidation sites excluding steroid dienone is 1. The third-order valence-corrected chi connectivity index (χ3v) is 7.10. The van der Waals surface area contributed by atoms with E-state index in [1.807, 2.05) is 18.2 Å². The Balaban J connectivity index is 1.51. The van der Waals surface area contributed by atoms with Crippen molar-refractivity contribution in [2.24, 2.45) is 0 Å². The van der Waals surface area contributed by atoms with E-state index >= 15 is 0 Å². The van der Waals surface area contributed by atoms with Gasteiger partial charge in [-0.15, -0.1) is 0 Å². The van der Waals surface area contributed by atoms with Crippen molar-refractivity contribution in [3.05, 3.63) is 69.5 Å². The van der Waals surface area contributed by atoms with Gasteiger partial charge in [-0.3, -0.25) is 4.90 Å². The Morgan fingerprint density at radius 3 is 2.77 bits per heavy atom. The molecule has 4 rings (SSSR count). The van der Waals surface area contributed by atoms with Crippen LogP contribution >= 0.6 is 23.2 Å². The van der Waals surface area contributed by atoms with Gasteiger partial charge in [-0.25, -0.2) is 4.98 Å². The zero-order valence-electron chi connectivity index (χ0n) is 20.3. The van der Waals surface area contributed by atoms with Crippen LogP contribution in [0.2, 0.25) is 10.0 Å². The fourth-order valence-electron chi connectivity index (χ4n) is 4.65. The highest BCUT2D eigenvalue weighted by Crippen LogP contribution is 2.39. The number of nitrogens with one attached hydrogen (secondary N) is 2. The predicted octanol–water partition coefficient (Wildman–Crippen LogP) is 6.50. The number of hydrogen-bond donors (Lipinski definition) is 2. The molecule has 1 atom stereocenters. The first-order valence-corrected chi connectivity index (χ1v) is 12.5. The molecule has 35 heavy (non-hydrogen) atoms. The molecule has 0 saturated carbocycles. The van der Waals surface area contributed by atoms with Crippen LogP contribution in [-0.2, 0) is 12.3 Å². The predicted molar refractivity (Wildman–Crippen MR) is 141 cm³/mol. The summed E-state index contributed by atoms with van der Waals surface area (Å²) in [6.07, 6.45) is 1.89. The SMILES string of the molecule is C=C(C)C(F)(F)c1nc(NCCN2CCc3c([nH]c4ccc(Cl)cc34)C2CCN(C)C)ccc1Cl. The van der Waals surface area contributed by atoms with Gasteiger partial charge in [0, 0.05) is 41.3 Å². The maximum absolute atomic E-state index is 14.5. The molecule has 9 heteroatoms. The molecule has 0 amide bonds. The molecule has 0 spiro atoms. The zero-order valence-corrected chi connectivity index (χ0v) is 21.8. The number of pyridine rings is 1. The first kappa shape index (κ1) is 25.9. The van der Waals surface area contributed by atoms with Crippen molar-refractivity contribution in [3.8, 4) is 0 Å². The van der Waals surface area contributed by atoms with Crippen LogP contribution in [0, 0.1) is 0 Å². The number of anilines is 1. The number of aromatic amines is 1. The minimum absolute atomic E-state index is 0.0743. The van der Waals surface area contributed by atoms with Crippen LogP contribution in [0.15, 0.2) is 42.5 Å². The highest BCUT2D eigenvalue weighted by molar-refractivity contribution is 6.31. The van der Waals surface area contributed by atoms with Gasteiger partial charge < -0.3 is 15.2 Å². The summed E-state index contributed by atoms with van der Waals surface area (Å²) in [5.41, 5.74) is 2.91. The highest BCUT2D eigenvalue weighted by Gasteiger charge is 2.37. The molecule has 2 aromatic heterocycles. The lowest BCUT2D eigenvalue weighted by Gasteiger charge is -2.36. The van der Waals surface area contributed by atoms with Gasteiger partial charge in [0.1, 0.15) is 11.5 Å². The fourth-order valence-corrected chi connectivity index (χ4v) is 5.05. The summed E-state index contributed by atoms with van der Waals surface area (Å²) in [6.45, 7) is 7.81. The average Bonchev–Trinajstić information content (AvgIpc) is 3.16. The molecule has 1 aliphatic heterocycles. The van der Waals surface area contributed by atoms with Gasteiger partial charge in [-0.05, 0) is 81.9 Å². The number of rotatable bonds is 9. The quantitative estimate of drug-likeness (QED) is 0.315. The largest absolute Gasteiger partial charge is 0.369 e. The van der Waals surface area contributed by atoms with E-state index in [0.717, 1.165) is 43.0 Å². The Kier molecular flexibility index (Phi) is 7.71. The van der Waals surface area contributed by atoms with E-state index in [9.17, 15) is 8.78 Å².